The summed E-state index contributed by atoms with van der Waals surface area (Å²) in [6.07, 6.45) is 2.05. The number of ether oxygens (including phenoxy) is 3. The maximum atomic E-state index is 12.8. The topological polar surface area (TPSA) is 48.0 Å². The van der Waals surface area contributed by atoms with Gasteiger partial charge in [0.25, 0.3) is 5.91 Å². The first kappa shape index (κ1) is 20.0. The third kappa shape index (κ3) is 4.43. The second-order valence-electron chi connectivity index (χ2n) is 5.79. The smallest absolute Gasteiger partial charge is 0.253 e. The van der Waals surface area contributed by atoms with Crippen LogP contribution in [0.4, 0.5) is 0 Å². The van der Waals surface area contributed by atoms with Crippen LogP contribution in [0.5, 0.6) is 17.2 Å². The van der Waals surface area contributed by atoms with Crippen LogP contribution in [-0.4, -0.2) is 45.4 Å². The minimum Gasteiger partial charge on any atom is -0.493 e. The molecule has 0 unspecified atom stereocenters. The predicted molar refractivity (Wildman–Crippen MR) is 106 cm³/mol. The van der Waals surface area contributed by atoms with Crippen LogP contribution in [0.1, 0.15) is 21.5 Å². The summed E-state index contributed by atoms with van der Waals surface area (Å²) in [7, 11) is 6.50. The van der Waals surface area contributed by atoms with Gasteiger partial charge in [0.2, 0.25) is 5.75 Å². The van der Waals surface area contributed by atoms with Crippen molar-refractivity contribution in [3.05, 3.63) is 53.1 Å². The summed E-state index contributed by atoms with van der Waals surface area (Å²) in [5, 5.41) is 0. The second kappa shape index (κ2) is 9.38. The zero-order chi connectivity index (χ0) is 19.1. The Kier molecular flexibility index (Phi) is 7.21. The van der Waals surface area contributed by atoms with Gasteiger partial charge in [-0.3, -0.25) is 4.79 Å². The van der Waals surface area contributed by atoms with Gasteiger partial charge in [0.15, 0.2) is 11.5 Å². The van der Waals surface area contributed by atoms with Crippen molar-refractivity contribution >= 4 is 17.7 Å². The first-order chi connectivity index (χ1) is 12.5. The summed E-state index contributed by atoms with van der Waals surface area (Å²) in [6, 6.07) is 11.4. The van der Waals surface area contributed by atoms with E-state index in [1.54, 1.807) is 45.0 Å². The molecule has 140 valence electrons. The van der Waals surface area contributed by atoms with Crippen LogP contribution >= 0.6 is 11.8 Å². The number of carbonyl (C=O) groups is 1. The van der Waals surface area contributed by atoms with Crippen molar-refractivity contribution in [1.82, 2.24) is 4.90 Å². The van der Waals surface area contributed by atoms with E-state index in [2.05, 4.69) is 0 Å². The van der Waals surface area contributed by atoms with Gasteiger partial charge in [-0.05, 0) is 36.1 Å². The van der Waals surface area contributed by atoms with Gasteiger partial charge in [0.1, 0.15) is 0 Å². The molecular formula is C20H25NO4S. The van der Waals surface area contributed by atoms with Gasteiger partial charge in [-0.15, -0.1) is 0 Å². The Bertz CT molecular complexity index is 763. The van der Waals surface area contributed by atoms with Gasteiger partial charge >= 0.3 is 0 Å². The average molecular weight is 375 g/mol. The number of thioether (sulfide) groups is 1. The fourth-order valence-corrected chi connectivity index (χ4v) is 3.31. The quantitative estimate of drug-likeness (QED) is 0.701. The number of rotatable bonds is 8. The molecule has 2 rings (SSSR count). The molecule has 26 heavy (non-hydrogen) atoms. The van der Waals surface area contributed by atoms with E-state index in [0.29, 0.717) is 29.4 Å². The van der Waals surface area contributed by atoms with Crippen LogP contribution < -0.4 is 14.2 Å². The normalized spacial score (nSPS) is 10.3. The van der Waals surface area contributed by atoms with Crippen molar-refractivity contribution in [1.29, 1.82) is 0 Å². The van der Waals surface area contributed by atoms with Crippen LogP contribution in [-0.2, 0) is 12.3 Å². The minimum absolute atomic E-state index is 0.0372. The molecule has 0 spiro atoms. The van der Waals surface area contributed by atoms with Gasteiger partial charge < -0.3 is 19.1 Å². The molecule has 0 N–H and O–H groups in total. The van der Waals surface area contributed by atoms with Crippen LogP contribution in [0, 0.1) is 0 Å². The Hall–Kier alpha value is -2.34. The lowest BCUT2D eigenvalue weighted by molar-refractivity contribution is 0.0784. The molecule has 0 saturated carbocycles. The number of benzene rings is 2. The number of methoxy groups -OCH3 is 3. The molecule has 1 amide bonds. The lowest BCUT2D eigenvalue weighted by atomic mass is 10.1. The molecule has 0 saturated heterocycles. The first-order valence-corrected chi connectivity index (χ1v) is 9.56. The maximum absolute atomic E-state index is 12.8. The van der Waals surface area contributed by atoms with Gasteiger partial charge in [0, 0.05) is 30.5 Å². The fourth-order valence-electron chi connectivity index (χ4n) is 2.80. The molecule has 0 atom stereocenters. The molecule has 0 heterocycles. The molecule has 0 fully saturated rings. The summed E-state index contributed by atoms with van der Waals surface area (Å²) >= 11 is 1.73. The highest BCUT2D eigenvalue weighted by molar-refractivity contribution is 7.97. The summed E-state index contributed by atoms with van der Waals surface area (Å²) in [5.74, 6) is 2.53. The zero-order valence-corrected chi connectivity index (χ0v) is 16.7. The Morgan fingerprint density at radius 3 is 2.38 bits per heavy atom. The lowest BCUT2D eigenvalue weighted by Crippen LogP contribution is -2.26. The largest absolute Gasteiger partial charge is 0.493 e. The van der Waals surface area contributed by atoms with Crippen molar-refractivity contribution in [2.24, 2.45) is 0 Å². The lowest BCUT2D eigenvalue weighted by Gasteiger charge is -2.21. The van der Waals surface area contributed by atoms with E-state index in [0.717, 1.165) is 16.9 Å². The fraction of sp³-hybridized carbons (Fsp3) is 0.350. The molecule has 0 radical (unpaired) electrons. The van der Waals surface area contributed by atoms with E-state index in [9.17, 15) is 4.79 Å². The maximum Gasteiger partial charge on any atom is 0.253 e. The highest BCUT2D eigenvalue weighted by atomic mass is 32.2. The van der Waals surface area contributed by atoms with E-state index < -0.39 is 0 Å². The summed E-state index contributed by atoms with van der Waals surface area (Å²) in [4.78, 5) is 14.5. The van der Waals surface area contributed by atoms with E-state index in [-0.39, 0.29) is 5.91 Å². The summed E-state index contributed by atoms with van der Waals surface area (Å²) in [5.41, 5.74) is 2.67. The third-order valence-corrected chi connectivity index (χ3v) is 4.65. The molecule has 0 aliphatic rings. The molecule has 0 aliphatic heterocycles. The van der Waals surface area contributed by atoms with E-state index in [1.807, 2.05) is 42.7 Å². The summed E-state index contributed by atoms with van der Waals surface area (Å²) in [6.45, 7) is 0.398. The molecule has 2 aromatic rings. The van der Waals surface area contributed by atoms with Crippen molar-refractivity contribution in [3.63, 3.8) is 0 Å². The number of amides is 1. The van der Waals surface area contributed by atoms with E-state index in [1.165, 1.54) is 0 Å². The average Bonchev–Trinajstić information content (AvgIpc) is 2.67. The van der Waals surface area contributed by atoms with Crippen LogP contribution in [0.3, 0.4) is 0 Å². The van der Waals surface area contributed by atoms with E-state index in [4.69, 9.17) is 14.2 Å². The van der Waals surface area contributed by atoms with Gasteiger partial charge in [-0.25, -0.2) is 0 Å². The molecule has 5 nitrogen and oxygen atoms in total. The third-order valence-electron chi connectivity index (χ3n) is 4.02. The molecule has 0 aliphatic carbocycles. The molecular weight excluding hydrogens is 350 g/mol. The summed E-state index contributed by atoms with van der Waals surface area (Å²) < 4.78 is 16.2. The Balaban J connectivity index is 2.25. The Morgan fingerprint density at radius 1 is 1.04 bits per heavy atom. The van der Waals surface area contributed by atoms with Gasteiger partial charge in [0.05, 0.1) is 21.3 Å². The van der Waals surface area contributed by atoms with Crippen molar-refractivity contribution in [2.45, 2.75) is 12.3 Å². The second-order valence-corrected chi connectivity index (χ2v) is 6.65. The zero-order valence-electron chi connectivity index (χ0n) is 15.9. The van der Waals surface area contributed by atoms with Crippen molar-refractivity contribution < 1.29 is 19.0 Å². The number of hydrogen-bond donors (Lipinski definition) is 0. The standard InChI is InChI=1S/C20H25NO4S/c1-21(20(22)15-8-6-7-14(11-15)13-26-5)12-16-9-10-17(23-2)19(25-4)18(16)24-3/h6-11H,12-13H2,1-5H3. The number of hydrogen-bond acceptors (Lipinski definition) is 5. The van der Waals surface area contributed by atoms with Crippen LogP contribution in [0.15, 0.2) is 36.4 Å². The number of carbonyl (C=O) groups excluding carboxylic acids is 1. The predicted octanol–water partition coefficient (Wildman–Crippen LogP) is 3.85. The van der Waals surface area contributed by atoms with E-state index >= 15 is 0 Å². The molecule has 0 bridgehead atoms. The Morgan fingerprint density at radius 2 is 1.77 bits per heavy atom. The van der Waals surface area contributed by atoms with Crippen molar-refractivity contribution in [2.75, 3.05) is 34.6 Å². The molecule has 6 heteroatoms. The Labute approximate surface area is 159 Å². The SMILES string of the molecule is COc1ccc(CN(C)C(=O)c2cccc(CSC)c2)c(OC)c1OC. The van der Waals surface area contributed by atoms with Gasteiger partial charge in [-0.2, -0.15) is 11.8 Å². The number of nitrogens with zero attached hydrogens (tertiary/aromatic N) is 1. The van der Waals surface area contributed by atoms with Crippen molar-refractivity contribution in [3.8, 4) is 17.2 Å². The minimum atomic E-state index is -0.0372. The molecule has 0 aromatic heterocycles. The molecule has 2 aromatic carbocycles. The van der Waals surface area contributed by atoms with Crippen LogP contribution in [0.25, 0.3) is 0 Å². The highest BCUT2D eigenvalue weighted by Gasteiger charge is 2.19. The first-order valence-electron chi connectivity index (χ1n) is 8.16. The van der Waals surface area contributed by atoms with Crippen LogP contribution in [0.2, 0.25) is 0 Å². The van der Waals surface area contributed by atoms with Gasteiger partial charge in [-0.1, -0.05) is 12.1 Å². The monoisotopic (exact) mass is 375 g/mol. The highest BCUT2D eigenvalue weighted by Crippen LogP contribution is 2.40.